The first kappa shape index (κ1) is 18.2. The second-order valence-corrected chi connectivity index (χ2v) is 5.05. The molecule has 2 rings (SSSR count). The Hall–Kier alpha value is -3.16. The minimum atomic E-state index is -2.93. The van der Waals surface area contributed by atoms with Crippen LogP contribution in [0.3, 0.4) is 0 Å². The molecule has 0 heterocycles. The van der Waals surface area contributed by atoms with E-state index in [-0.39, 0.29) is 17.1 Å². The molecular formula is C17H15F2NO5. The normalized spacial score (nSPS) is 10.4. The van der Waals surface area contributed by atoms with Crippen molar-refractivity contribution in [3.63, 3.8) is 0 Å². The van der Waals surface area contributed by atoms with E-state index in [4.69, 9.17) is 4.74 Å². The Morgan fingerprint density at radius 1 is 1.16 bits per heavy atom. The number of anilines is 1. The molecule has 25 heavy (non-hydrogen) atoms. The number of ether oxygens (including phenoxy) is 2. The van der Waals surface area contributed by atoms with Crippen LogP contribution < -0.4 is 10.1 Å². The lowest BCUT2D eigenvalue weighted by Gasteiger charge is -2.09. The number of phenols is 1. The molecule has 0 aromatic heterocycles. The zero-order valence-corrected chi connectivity index (χ0v) is 13.2. The van der Waals surface area contributed by atoms with Crippen molar-refractivity contribution in [3.05, 3.63) is 53.6 Å². The van der Waals surface area contributed by atoms with Crippen LogP contribution in [0.1, 0.15) is 15.9 Å². The van der Waals surface area contributed by atoms with Crippen LogP contribution in [-0.2, 0) is 9.53 Å². The fourth-order valence-corrected chi connectivity index (χ4v) is 1.94. The molecule has 0 saturated carbocycles. The molecule has 8 heteroatoms. The number of halogens is 2. The summed E-state index contributed by atoms with van der Waals surface area (Å²) < 4.78 is 33.1. The zero-order chi connectivity index (χ0) is 18.4. The Kier molecular flexibility index (Phi) is 5.89. The topological polar surface area (TPSA) is 84.9 Å². The predicted octanol–water partition coefficient (Wildman–Crippen LogP) is 3.10. The van der Waals surface area contributed by atoms with Gasteiger partial charge in [0.15, 0.2) is 6.61 Å². The quantitative estimate of drug-likeness (QED) is 0.781. The smallest absolute Gasteiger partial charge is 0.387 e. The van der Waals surface area contributed by atoms with Gasteiger partial charge < -0.3 is 19.9 Å². The maximum absolute atomic E-state index is 12.0. The lowest BCUT2D eigenvalue weighted by molar-refractivity contribution is -0.119. The monoisotopic (exact) mass is 351 g/mol. The first-order chi connectivity index (χ1) is 11.8. The lowest BCUT2D eigenvalue weighted by Crippen LogP contribution is -2.21. The van der Waals surface area contributed by atoms with Gasteiger partial charge in [-0.25, -0.2) is 4.79 Å². The largest absolute Gasteiger partial charge is 0.507 e. The van der Waals surface area contributed by atoms with Crippen LogP contribution in [0.4, 0.5) is 14.5 Å². The van der Waals surface area contributed by atoms with Gasteiger partial charge in [-0.2, -0.15) is 8.78 Å². The van der Waals surface area contributed by atoms with Gasteiger partial charge >= 0.3 is 12.6 Å². The Morgan fingerprint density at radius 3 is 2.48 bits per heavy atom. The molecule has 0 bridgehead atoms. The van der Waals surface area contributed by atoms with Gasteiger partial charge in [0.1, 0.15) is 17.1 Å². The van der Waals surface area contributed by atoms with Gasteiger partial charge in [-0.15, -0.1) is 0 Å². The van der Waals surface area contributed by atoms with Gasteiger partial charge in [-0.1, -0.05) is 11.6 Å². The van der Waals surface area contributed by atoms with Crippen molar-refractivity contribution < 1.29 is 33.0 Å². The van der Waals surface area contributed by atoms with Crippen molar-refractivity contribution in [2.75, 3.05) is 11.9 Å². The van der Waals surface area contributed by atoms with E-state index in [0.29, 0.717) is 5.69 Å². The molecule has 6 nitrogen and oxygen atoms in total. The maximum Gasteiger partial charge on any atom is 0.387 e. The van der Waals surface area contributed by atoms with Crippen LogP contribution in [0.2, 0.25) is 0 Å². The molecule has 0 aliphatic heterocycles. The molecule has 2 N–H and O–H groups in total. The number of rotatable bonds is 6. The van der Waals surface area contributed by atoms with E-state index >= 15 is 0 Å². The SMILES string of the molecule is Cc1ccc(O)c(C(=O)OCC(=O)Nc2ccc(OC(F)F)cc2)c1. The van der Waals surface area contributed by atoms with Crippen LogP contribution in [0.5, 0.6) is 11.5 Å². The number of hydrogen-bond donors (Lipinski definition) is 2. The Labute approximate surface area is 142 Å². The predicted molar refractivity (Wildman–Crippen MR) is 84.8 cm³/mol. The number of carbonyl (C=O) groups is 2. The molecular weight excluding hydrogens is 336 g/mol. The fourth-order valence-electron chi connectivity index (χ4n) is 1.94. The standard InChI is InChI=1S/C17H15F2NO5/c1-10-2-7-14(21)13(8-10)16(23)24-9-15(22)20-11-3-5-12(6-4-11)25-17(18)19/h2-8,17,21H,9H2,1H3,(H,20,22). The first-order valence-corrected chi connectivity index (χ1v) is 7.16. The number of phenolic OH excluding ortho intramolecular Hbond substituents is 1. The third kappa shape index (κ3) is 5.45. The highest BCUT2D eigenvalue weighted by atomic mass is 19.3. The summed E-state index contributed by atoms with van der Waals surface area (Å²) in [6.07, 6.45) is 0. The summed E-state index contributed by atoms with van der Waals surface area (Å²) in [7, 11) is 0. The van der Waals surface area contributed by atoms with Gasteiger partial charge in [0.2, 0.25) is 0 Å². The molecule has 0 fully saturated rings. The van der Waals surface area contributed by atoms with Gasteiger partial charge in [0, 0.05) is 5.69 Å². The molecule has 0 unspecified atom stereocenters. The summed E-state index contributed by atoms with van der Waals surface area (Å²) in [6.45, 7) is -1.76. The highest BCUT2D eigenvalue weighted by molar-refractivity contribution is 5.96. The number of hydrogen-bond acceptors (Lipinski definition) is 5. The third-order valence-corrected chi connectivity index (χ3v) is 3.07. The summed E-state index contributed by atoms with van der Waals surface area (Å²) in [4.78, 5) is 23.6. The van der Waals surface area contributed by atoms with Crippen molar-refractivity contribution in [2.24, 2.45) is 0 Å². The summed E-state index contributed by atoms with van der Waals surface area (Å²) in [6, 6.07) is 9.68. The first-order valence-electron chi connectivity index (χ1n) is 7.16. The van der Waals surface area contributed by atoms with E-state index in [0.717, 1.165) is 5.56 Å². The lowest BCUT2D eigenvalue weighted by atomic mass is 10.1. The highest BCUT2D eigenvalue weighted by Gasteiger charge is 2.15. The second kappa shape index (κ2) is 8.09. The summed E-state index contributed by atoms with van der Waals surface area (Å²) in [5, 5.41) is 12.1. The Morgan fingerprint density at radius 2 is 1.84 bits per heavy atom. The van der Waals surface area contributed by atoms with E-state index in [9.17, 15) is 23.5 Å². The number of aromatic hydroxyl groups is 1. The van der Waals surface area contributed by atoms with Crippen molar-refractivity contribution in [1.29, 1.82) is 0 Å². The van der Waals surface area contributed by atoms with Crippen molar-refractivity contribution in [1.82, 2.24) is 0 Å². The van der Waals surface area contributed by atoms with Crippen molar-refractivity contribution in [3.8, 4) is 11.5 Å². The minimum absolute atomic E-state index is 0.0405. The van der Waals surface area contributed by atoms with E-state index in [1.54, 1.807) is 13.0 Å². The number of nitrogens with one attached hydrogen (secondary N) is 1. The molecule has 132 valence electrons. The molecule has 0 spiro atoms. The Balaban J connectivity index is 1.88. The highest BCUT2D eigenvalue weighted by Crippen LogP contribution is 2.20. The average Bonchev–Trinajstić information content (AvgIpc) is 2.56. The van der Waals surface area contributed by atoms with Gasteiger partial charge in [-0.3, -0.25) is 4.79 Å². The summed E-state index contributed by atoms with van der Waals surface area (Å²) in [5.41, 5.74) is 1.03. The number of carbonyl (C=O) groups excluding carboxylic acids is 2. The van der Waals surface area contributed by atoms with Crippen LogP contribution in [0.25, 0.3) is 0 Å². The zero-order valence-electron chi connectivity index (χ0n) is 13.2. The molecule has 2 aromatic carbocycles. The molecule has 0 aliphatic rings. The van der Waals surface area contributed by atoms with E-state index < -0.39 is 25.1 Å². The van der Waals surface area contributed by atoms with Gasteiger partial charge in [0.05, 0.1) is 0 Å². The summed E-state index contributed by atoms with van der Waals surface area (Å²) >= 11 is 0. The minimum Gasteiger partial charge on any atom is -0.507 e. The summed E-state index contributed by atoms with van der Waals surface area (Å²) in [5.74, 6) is -1.75. The molecule has 0 atom stereocenters. The van der Waals surface area contributed by atoms with Crippen molar-refractivity contribution in [2.45, 2.75) is 13.5 Å². The van der Waals surface area contributed by atoms with E-state index in [2.05, 4.69) is 10.1 Å². The van der Waals surface area contributed by atoms with Crippen LogP contribution in [0, 0.1) is 6.92 Å². The molecule has 0 radical (unpaired) electrons. The average molecular weight is 351 g/mol. The Bertz CT molecular complexity index is 762. The molecule has 0 saturated heterocycles. The van der Waals surface area contributed by atoms with Crippen LogP contribution >= 0.6 is 0 Å². The number of aryl methyl sites for hydroxylation is 1. The van der Waals surface area contributed by atoms with Crippen LogP contribution in [0.15, 0.2) is 42.5 Å². The third-order valence-electron chi connectivity index (χ3n) is 3.07. The van der Waals surface area contributed by atoms with Gasteiger partial charge in [-0.05, 0) is 43.3 Å². The van der Waals surface area contributed by atoms with E-state index in [1.165, 1.54) is 36.4 Å². The number of amides is 1. The molecule has 2 aromatic rings. The second-order valence-electron chi connectivity index (χ2n) is 5.05. The number of benzene rings is 2. The fraction of sp³-hybridized carbons (Fsp3) is 0.176. The van der Waals surface area contributed by atoms with Crippen molar-refractivity contribution >= 4 is 17.6 Å². The number of alkyl halides is 2. The molecule has 0 aliphatic carbocycles. The number of esters is 1. The van der Waals surface area contributed by atoms with Gasteiger partial charge in [0.25, 0.3) is 5.91 Å². The van der Waals surface area contributed by atoms with E-state index in [1.807, 2.05) is 0 Å². The molecule has 1 amide bonds. The van der Waals surface area contributed by atoms with Crippen LogP contribution in [-0.4, -0.2) is 30.2 Å². The maximum atomic E-state index is 12.0.